The van der Waals surface area contributed by atoms with Crippen LogP contribution in [-0.4, -0.2) is 0 Å². The summed E-state index contributed by atoms with van der Waals surface area (Å²) in [4.78, 5) is 0. The Bertz CT molecular complexity index is 3840. The van der Waals surface area contributed by atoms with Crippen LogP contribution in [0, 0.1) is 0 Å². The van der Waals surface area contributed by atoms with Crippen molar-refractivity contribution >= 4 is 97.7 Å². The summed E-state index contributed by atoms with van der Waals surface area (Å²) >= 11 is 0. The van der Waals surface area contributed by atoms with Crippen molar-refractivity contribution in [2.45, 2.75) is 0 Å². The highest BCUT2D eigenvalue weighted by Gasteiger charge is 2.17. The molecule has 0 saturated carbocycles. The van der Waals surface area contributed by atoms with Crippen molar-refractivity contribution in [1.29, 1.82) is 0 Å². The van der Waals surface area contributed by atoms with E-state index >= 15 is 0 Å². The molecule has 0 unspecified atom stereocenters. The van der Waals surface area contributed by atoms with Crippen LogP contribution in [0.25, 0.3) is 131 Å². The summed E-state index contributed by atoms with van der Waals surface area (Å²) in [5, 5.41) is 17.0. The second-order valence-corrected chi connectivity index (χ2v) is 15.6. The van der Waals surface area contributed by atoms with Gasteiger partial charge >= 0.3 is 0 Å². The second kappa shape index (κ2) is 11.9. The van der Waals surface area contributed by atoms with Gasteiger partial charge in [0, 0.05) is 21.5 Å². The smallest absolute Gasteiger partial charge is 0.178 e. The van der Waals surface area contributed by atoms with Crippen LogP contribution in [0.4, 0.5) is 0 Å². The van der Waals surface area contributed by atoms with Crippen molar-refractivity contribution in [3.8, 4) is 33.4 Å². The predicted octanol–water partition coefficient (Wildman–Crippen LogP) is 16.3. The van der Waals surface area contributed by atoms with Crippen molar-refractivity contribution in [2.75, 3.05) is 0 Å². The zero-order valence-corrected chi connectivity index (χ0v) is 31.3. The van der Waals surface area contributed by atoms with Gasteiger partial charge in [-0.1, -0.05) is 140 Å². The summed E-state index contributed by atoms with van der Waals surface area (Å²) in [7, 11) is 0. The Balaban J connectivity index is 0.932. The standard InChI is InChI=1S/C56H32O2/c1-2-13-39-37(10-1)31-49(41-15-4-3-14-40(39)41)38-21-24-45-44-23-20-35(29-50(44)42-16-5-6-17-43(42)51(45)32-38)33-11-9-12-34(28-33)36-22-27-54-52(30-36)48-26-25-47-46-18-7-8-19-53(46)57-55(47)56(48)58-54/h1-32H. The Morgan fingerprint density at radius 3 is 1.38 bits per heavy atom. The summed E-state index contributed by atoms with van der Waals surface area (Å²) in [5.41, 5.74) is 10.5. The van der Waals surface area contributed by atoms with Crippen LogP contribution in [-0.2, 0) is 0 Å². The molecule has 2 nitrogen and oxygen atoms in total. The molecule has 0 spiro atoms. The number of hydrogen-bond acceptors (Lipinski definition) is 2. The summed E-state index contributed by atoms with van der Waals surface area (Å²) in [6.07, 6.45) is 0. The highest BCUT2D eigenvalue weighted by molar-refractivity contribution is 6.27. The Kier molecular flexibility index (Phi) is 6.47. The van der Waals surface area contributed by atoms with E-state index in [1.807, 2.05) is 18.2 Å². The first kappa shape index (κ1) is 31.5. The van der Waals surface area contributed by atoms with Crippen molar-refractivity contribution in [3.63, 3.8) is 0 Å². The fourth-order valence-electron chi connectivity index (χ4n) is 9.67. The number of benzene rings is 11. The lowest BCUT2D eigenvalue weighted by Crippen LogP contribution is -1.88. The predicted molar refractivity (Wildman–Crippen MR) is 245 cm³/mol. The van der Waals surface area contributed by atoms with E-state index in [-0.39, 0.29) is 0 Å². The topological polar surface area (TPSA) is 26.3 Å². The zero-order valence-electron chi connectivity index (χ0n) is 31.3. The minimum Gasteiger partial charge on any atom is -0.452 e. The van der Waals surface area contributed by atoms with Gasteiger partial charge in [0.1, 0.15) is 11.2 Å². The number of para-hydroxylation sites is 1. The van der Waals surface area contributed by atoms with Gasteiger partial charge in [-0.25, -0.2) is 0 Å². The van der Waals surface area contributed by atoms with Gasteiger partial charge in [-0.15, -0.1) is 0 Å². The normalized spacial score (nSPS) is 12.1. The van der Waals surface area contributed by atoms with Crippen LogP contribution < -0.4 is 0 Å². The molecule has 0 bridgehead atoms. The molecule has 2 heteroatoms. The third kappa shape index (κ3) is 4.54. The summed E-state index contributed by atoms with van der Waals surface area (Å²) in [6.45, 7) is 0. The van der Waals surface area contributed by atoms with Gasteiger partial charge in [0.2, 0.25) is 0 Å². The van der Waals surface area contributed by atoms with Crippen LogP contribution in [0.3, 0.4) is 0 Å². The summed E-state index contributed by atoms with van der Waals surface area (Å²) in [5.74, 6) is 0. The average molecular weight is 737 g/mol. The minimum atomic E-state index is 0.795. The molecule has 2 aromatic heterocycles. The van der Waals surface area contributed by atoms with Crippen LogP contribution >= 0.6 is 0 Å². The van der Waals surface area contributed by atoms with E-state index in [4.69, 9.17) is 8.83 Å². The lowest BCUT2D eigenvalue weighted by Gasteiger charge is -2.15. The third-order valence-electron chi connectivity index (χ3n) is 12.4. The van der Waals surface area contributed by atoms with E-state index in [0.717, 1.165) is 55.0 Å². The van der Waals surface area contributed by atoms with E-state index in [1.165, 1.54) is 76.1 Å². The molecular formula is C56H32O2. The zero-order chi connectivity index (χ0) is 37.9. The van der Waals surface area contributed by atoms with Crippen LogP contribution in [0.15, 0.2) is 203 Å². The lowest BCUT2D eigenvalue weighted by atomic mass is 9.88. The van der Waals surface area contributed by atoms with Crippen LogP contribution in [0.5, 0.6) is 0 Å². The largest absolute Gasteiger partial charge is 0.452 e. The fourth-order valence-corrected chi connectivity index (χ4v) is 9.67. The molecular weight excluding hydrogens is 705 g/mol. The number of rotatable bonds is 3. The van der Waals surface area contributed by atoms with Gasteiger partial charge in [-0.05, 0) is 142 Å². The van der Waals surface area contributed by atoms with Crippen molar-refractivity contribution < 1.29 is 8.83 Å². The number of furan rings is 2. The average Bonchev–Trinajstić information content (AvgIpc) is 3.87. The molecule has 0 aliphatic carbocycles. The van der Waals surface area contributed by atoms with Gasteiger partial charge in [0.15, 0.2) is 11.2 Å². The quantitative estimate of drug-likeness (QED) is 0.169. The third-order valence-corrected chi connectivity index (χ3v) is 12.4. The highest BCUT2D eigenvalue weighted by atomic mass is 16.4. The monoisotopic (exact) mass is 736 g/mol. The van der Waals surface area contributed by atoms with Gasteiger partial charge in [-0.2, -0.15) is 0 Å². The van der Waals surface area contributed by atoms with E-state index in [1.54, 1.807) is 0 Å². The molecule has 0 atom stereocenters. The maximum absolute atomic E-state index is 6.45. The molecule has 0 aliphatic heterocycles. The van der Waals surface area contributed by atoms with E-state index in [2.05, 4.69) is 176 Å². The fraction of sp³-hybridized carbons (Fsp3) is 0. The molecule has 0 radical (unpaired) electrons. The van der Waals surface area contributed by atoms with Gasteiger partial charge < -0.3 is 8.83 Å². The SMILES string of the molecule is c1cc(-c2ccc3oc4c(ccc5c6ccccc6oc54)c3c2)cc(-c2ccc3c4ccc(-c5cc6ccccc6c6ccccc56)cc4c4ccccc4c3c2)c1. The van der Waals surface area contributed by atoms with Crippen LogP contribution in [0.2, 0.25) is 0 Å². The Morgan fingerprint density at radius 2 is 0.672 bits per heavy atom. The molecule has 0 amide bonds. The first-order chi connectivity index (χ1) is 28.7. The highest BCUT2D eigenvalue weighted by Crippen LogP contribution is 2.43. The molecule has 268 valence electrons. The molecule has 2 heterocycles. The van der Waals surface area contributed by atoms with Crippen molar-refractivity contribution in [1.82, 2.24) is 0 Å². The number of hydrogen-bond donors (Lipinski definition) is 0. The van der Waals surface area contributed by atoms with Gasteiger partial charge in [-0.3, -0.25) is 0 Å². The van der Waals surface area contributed by atoms with Crippen molar-refractivity contribution in [2.24, 2.45) is 0 Å². The minimum absolute atomic E-state index is 0.795. The molecule has 0 N–H and O–H groups in total. The van der Waals surface area contributed by atoms with Gasteiger partial charge in [0.25, 0.3) is 0 Å². The molecule has 0 saturated heterocycles. The molecule has 13 rings (SSSR count). The van der Waals surface area contributed by atoms with Gasteiger partial charge in [0.05, 0.1) is 0 Å². The Labute approximate surface area is 332 Å². The summed E-state index contributed by atoms with van der Waals surface area (Å²) < 4.78 is 12.8. The Morgan fingerprint density at radius 1 is 0.224 bits per heavy atom. The second-order valence-electron chi connectivity index (χ2n) is 15.6. The Hall–Kier alpha value is -7.68. The summed E-state index contributed by atoms with van der Waals surface area (Å²) in [6, 6.07) is 70.7. The first-order valence-electron chi connectivity index (χ1n) is 19.9. The maximum atomic E-state index is 6.45. The first-order valence-corrected chi connectivity index (χ1v) is 19.9. The number of fused-ring (bicyclic) bond motifs is 16. The molecule has 58 heavy (non-hydrogen) atoms. The van der Waals surface area contributed by atoms with E-state index in [0.29, 0.717) is 0 Å². The molecule has 11 aromatic carbocycles. The van der Waals surface area contributed by atoms with E-state index < -0.39 is 0 Å². The van der Waals surface area contributed by atoms with Crippen molar-refractivity contribution in [3.05, 3.63) is 194 Å². The molecule has 13 aromatic rings. The van der Waals surface area contributed by atoms with E-state index in [9.17, 15) is 0 Å². The van der Waals surface area contributed by atoms with Crippen LogP contribution in [0.1, 0.15) is 0 Å². The molecule has 0 fully saturated rings. The molecule has 0 aliphatic rings. The lowest BCUT2D eigenvalue weighted by molar-refractivity contribution is 0.633. The maximum Gasteiger partial charge on any atom is 0.178 e.